The molecule has 6 heteroatoms. The minimum Gasteiger partial charge on any atom is -0.352 e. The number of nitrogens with zero attached hydrogens (tertiary/aromatic N) is 3. The summed E-state index contributed by atoms with van der Waals surface area (Å²) in [7, 11) is 0. The SMILES string of the molecule is CC/C=C(\C)C(=O)NCCCn1nc2n(c1=O)CCCC2. The van der Waals surface area contributed by atoms with E-state index in [0.717, 1.165) is 43.6 Å². The zero-order valence-electron chi connectivity index (χ0n) is 12.9. The van der Waals surface area contributed by atoms with Crippen molar-refractivity contribution in [2.75, 3.05) is 6.54 Å². The molecule has 6 nitrogen and oxygen atoms in total. The van der Waals surface area contributed by atoms with Crippen LogP contribution in [0.25, 0.3) is 0 Å². The monoisotopic (exact) mass is 292 g/mol. The van der Waals surface area contributed by atoms with Gasteiger partial charge < -0.3 is 5.32 Å². The highest BCUT2D eigenvalue weighted by Crippen LogP contribution is 2.09. The van der Waals surface area contributed by atoms with E-state index in [2.05, 4.69) is 10.4 Å². The van der Waals surface area contributed by atoms with Crippen LogP contribution in [-0.4, -0.2) is 26.8 Å². The van der Waals surface area contributed by atoms with Crippen molar-refractivity contribution < 1.29 is 4.79 Å². The van der Waals surface area contributed by atoms with Gasteiger partial charge in [-0.05, 0) is 32.6 Å². The number of aryl methyl sites for hydroxylation is 2. The smallest absolute Gasteiger partial charge is 0.345 e. The van der Waals surface area contributed by atoms with Crippen molar-refractivity contribution in [1.82, 2.24) is 19.7 Å². The average Bonchev–Trinajstić information content (AvgIpc) is 2.80. The lowest BCUT2D eigenvalue weighted by molar-refractivity contribution is -0.117. The standard InChI is InChI=1S/C15H24N4O2/c1-3-7-12(2)14(20)16-9-6-11-19-15(21)18-10-5-4-8-13(18)17-19/h7H,3-6,8-11H2,1-2H3,(H,16,20)/b12-7+. The Morgan fingerprint density at radius 2 is 2.24 bits per heavy atom. The van der Waals surface area contributed by atoms with Crippen LogP contribution in [0, 0.1) is 0 Å². The molecule has 1 amide bonds. The third-order valence-corrected chi connectivity index (χ3v) is 3.73. The van der Waals surface area contributed by atoms with Crippen molar-refractivity contribution in [3.05, 3.63) is 28.0 Å². The lowest BCUT2D eigenvalue weighted by atomic mass is 10.2. The Labute approximate surface area is 124 Å². The van der Waals surface area contributed by atoms with Gasteiger partial charge in [-0.1, -0.05) is 13.0 Å². The van der Waals surface area contributed by atoms with Gasteiger partial charge in [-0.25, -0.2) is 9.48 Å². The van der Waals surface area contributed by atoms with Crippen LogP contribution in [0.3, 0.4) is 0 Å². The van der Waals surface area contributed by atoms with Crippen LogP contribution in [0.5, 0.6) is 0 Å². The third kappa shape index (κ3) is 3.83. The van der Waals surface area contributed by atoms with Gasteiger partial charge in [-0.15, -0.1) is 0 Å². The maximum absolute atomic E-state index is 12.1. The number of aromatic nitrogens is 3. The molecule has 1 N–H and O–H groups in total. The first-order chi connectivity index (χ1) is 10.1. The fraction of sp³-hybridized carbons (Fsp3) is 0.667. The summed E-state index contributed by atoms with van der Waals surface area (Å²) in [6.45, 7) is 5.71. The van der Waals surface area contributed by atoms with Crippen LogP contribution in [-0.2, 0) is 24.3 Å². The number of hydrogen-bond donors (Lipinski definition) is 1. The molecule has 0 atom stereocenters. The van der Waals surface area contributed by atoms with Gasteiger partial charge in [-0.2, -0.15) is 5.10 Å². The molecule has 0 unspecified atom stereocenters. The topological polar surface area (TPSA) is 68.9 Å². The van der Waals surface area contributed by atoms with E-state index in [0.29, 0.717) is 19.5 Å². The van der Waals surface area contributed by atoms with Crippen molar-refractivity contribution in [2.24, 2.45) is 0 Å². The predicted molar refractivity (Wildman–Crippen MR) is 81.1 cm³/mol. The summed E-state index contributed by atoms with van der Waals surface area (Å²) >= 11 is 0. The summed E-state index contributed by atoms with van der Waals surface area (Å²) < 4.78 is 3.30. The molecule has 0 fully saturated rings. The Balaban J connectivity index is 1.82. The van der Waals surface area contributed by atoms with Gasteiger partial charge >= 0.3 is 5.69 Å². The fourth-order valence-corrected chi connectivity index (χ4v) is 2.56. The number of carbonyl (C=O) groups excluding carboxylic acids is 1. The first-order valence-corrected chi connectivity index (χ1v) is 7.75. The molecular formula is C15H24N4O2. The molecule has 1 aromatic rings. The first kappa shape index (κ1) is 15.5. The number of fused-ring (bicyclic) bond motifs is 1. The molecule has 0 saturated carbocycles. The summed E-state index contributed by atoms with van der Waals surface area (Å²) in [6, 6.07) is 0. The van der Waals surface area contributed by atoms with Gasteiger partial charge in [0.2, 0.25) is 5.91 Å². The van der Waals surface area contributed by atoms with Crippen LogP contribution in [0.4, 0.5) is 0 Å². The van der Waals surface area contributed by atoms with E-state index < -0.39 is 0 Å². The minimum absolute atomic E-state index is 0.0157. The van der Waals surface area contributed by atoms with Crippen molar-refractivity contribution in [1.29, 1.82) is 0 Å². The molecule has 0 aromatic carbocycles. The number of allylic oxidation sites excluding steroid dienone is 1. The summed E-state index contributed by atoms with van der Waals surface area (Å²) in [6.07, 6.45) is 6.52. The Hall–Kier alpha value is -1.85. The van der Waals surface area contributed by atoms with Crippen LogP contribution in [0.1, 0.15) is 45.4 Å². The highest BCUT2D eigenvalue weighted by molar-refractivity contribution is 5.92. The molecule has 0 bridgehead atoms. The summed E-state index contributed by atoms with van der Waals surface area (Å²) in [5.41, 5.74) is 0.727. The van der Waals surface area contributed by atoms with Crippen molar-refractivity contribution >= 4 is 5.91 Å². The third-order valence-electron chi connectivity index (χ3n) is 3.73. The molecule has 1 aliphatic rings. The number of hydrogen-bond acceptors (Lipinski definition) is 3. The predicted octanol–water partition coefficient (Wildman–Crippen LogP) is 1.24. The second-order valence-electron chi connectivity index (χ2n) is 5.44. The summed E-state index contributed by atoms with van der Waals surface area (Å²) in [5.74, 6) is 0.866. The van der Waals surface area contributed by atoms with E-state index in [-0.39, 0.29) is 11.6 Å². The van der Waals surface area contributed by atoms with E-state index in [1.165, 1.54) is 4.68 Å². The molecular weight excluding hydrogens is 268 g/mol. The molecule has 1 aromatic heterocycles. The van der Waals surface area contributed by atoms with E-state index >= 15 is 0 Å². The minimum atomic E-state index is -0.0340. The van der Waals surface area contributed by atoms with Crippen LogP contribution in [0.15, 0.2) is 16.4 Å². The van der Waals surface area contributed by atoms with Gasteiger partial charge in [0.1, 0.15) is 5.82 Å². The van der Waals surface area contributed by atoms with Gasteiger partial charge in [0.15, 0.2) is 0 Å². The molecule has 116 valence electrons. The van der Waals surface area contributed by atoms with Gasteiger partial charge in [-0.3, -0.25) is 9.36 Å². The van der Waals surface area contributed by atoms with E-state index in [4.69, 9.17) is 0 Å². The second kappa shape index (κ2) is 7.24. The number of amides is 1. The molecule has 2 rings (SSSR count). The largest absolute Gasteiger partial charge is 0.352 e. The maximum atomic E-state index is 12.1. The number of carbonyl (C=O) groups is 1. The second-order valence-corrected chi connectivity index (χ2v) is 5.44. The first-order valence-electron chi connectivity index (χ1n) is 7.75. The highest BCUT2D eigenvalue weighted by Gasteiger charge is 2.16. The fourth-order valence-electron chi connectivity index (χ4n) is 2.56. The quantitative estimate of drug-likeness (QED) is 0.633. The molecule has 0 aliphatic carbocycles. The summed E-state index contributed by atoms with van der Waals surface area (Å²) in [4.78, 5) is 23.8. The average molecular weight is 292 g/mol. The molecule has 0 radical (unpaired) electrons. The normalized spacial score (nSPS) is 14.9. The Morgan fingerprint density at radius 1 is 1.43 bits per heavy atom. The van der Waals surface area contributed by atoms with Gasteiger partial charge in [0.05, 0.1) is 0 Å². The molecule has 1 aliphatic heterocycles. The Bertz CT molecular complexity index is 583. The molecule has 0 spiro atoms. The molecule has 2 heterocycles. The zero-order chi connectivity index (χ0) is 15.2. The zero-order valence-corrected chi connectivity index (χ0v) is 12.9. The van der Waals surface area contributed by atoms with E-state index in [9.17, 15) is 9.59 Å². The van der Waals surface area contributed by atoms with Gasteiger partial charge in [0.25, 0.3) is 0 Å². The highest BCUT2D eigenvalue weighted by atomic mass is 16.2. The van der Waals surface area contributed by atoms with Crippen molar-refractivity contribution in [3.63, 3.8) is 0 Å². The van der Waals surface area contributed by atoms with E-state index in [1.54, 1.807) is 4.57 Å². The lowest BCUT2D eigenvalue weighted by Crippen LogP contribution is -2.29. The molecule has 0 saturated heterocycles. The Morgan fingerprint density at radius 3 is 2.95 bits per heavy atom. The van der Waals surface area contributed by atoms with E-state index in [1.807, 2.05) is 19.9 Å². The Kier molecular flexibility index (Phi) is 5.36. The number of rotatable bonds is 6. The number of nitrogens with one attached hydrogen (secondary N) is 1. The molecule has 21 heavy (non-hydrogen) atoms. The van der Waals surface area contributed by atoms with Crippen molar-refractivity contribution in [3.8, 4) is 0 Å². The lowest BCUT2D eigenvalue weighted by Gasteiger charge is -2.09. The van der Waals surface area contributed by atoms with Crippen molar-refractivity contribution in [2.45, 2.75) is 59.0 Å². The van der Waals surface area contributed by atoms with Crippen LogP contribution < -0.4 is 11.0 Å². The summed E-state index contributed by atoms with van der Waals surface area (Å²) in [5, 5.41) is 7.24. The van der Waals surface area contributed by atoms with Crippen LogP contribution in [0.2, 0.25) is 0 Å². The van der Waals surface area contributed by atoms with Gasteiger partial charge in [0, 0.05) is 31.6 Å². The van der Waals surface area contributed by atoms with Crippen LogP contribution >= 0.6 is 0 Å². The maximum Gasteiger partial charge on any atom is 0.345 e.